The Morgan fingerprint density at radius 2 is 2.05 bits per heavy atom. The molecule has 2 heterocycles. The third-order valence-corrected chi connectivity index (χ3v) is 3.24. The van der Waals surface area contributed by atoms with Crippen LogP contribution in [-0.4, -0.2) is 15.8 Å². The average molecular weight is 262 g/mol. The fourth-order valence-corrected chi connectivity index (χ4v) is 2.19. The maximum atomic E-state index is 12.3. The highest BCUT2D eigenvalue weighted by Gasteiger charge is 2.08. The Morgan fingerprint density at radius 3 is 2.85 bits per heavy atom. The molecule has 0 spiro atoms. The molecule has 0 aliphatic rings. The molecule has 0 fully saturated rings. The molecule has 3 heteroatoms. The van der Waals surface area contributed by atoms with E-state index >= 15 is 0 Å². The molecule has 0 N–H and O–H groups in total. The van der Waals surface area contributed by atoms with Crippen molar-refractivity contribution in [1.29, 1.82) is 0 Å². The zero-order valence-corrected chi connectivity index (χ0v) is 11.2. The molecule has 20 heavy (non-hydrogen) atoms. The van der Waals surface area contributed by atoms with Crippen molar-refractivity contribution in [3.05, 3.63) is 71.7 Å². The summed E-state index contributed by atoms with van der Waals surface area (Å²) in [4.78, 5) is 20.7. The maximum absolute atomic E-state index is 12.3. The minimum Gasteiger partial charge on any atom is -0.294 e. The summed E-state index contributed by atoms with van der Waals surface area (Å²) in [7, 11) is 0. The second-order valence-corrected chi connectivity index (χ2v) is 4.82. The van der Waals surface area contributed by atoms with Crippen LogP contribution in [0.2, 0.25) is 0 Å². The molecule has 0 atom stereocenters. The van der Waals surface area contributed by atoms with E-state index in [0.29, 0.717) is 12.0 Å². The lowest BCUT2D eigenvalue weighted by atomic mass is 10.0. The molecule has 0 amide bonds. The average Bonchev–Trinajstić information content (AvgIpc) is 2.47. The molecule has 0 saturated heterocycles. The lowest BCUT2D eigenvalue weighted by Crippen LogP contribution is -2.03. The monoisotopic (exact) mass is 262 g/mol. The molecule has 2 aromatic heterocycles. The minimum absolute atomic E-state index is 0.0977. The number of nitrogens with zero attached hydrogens (tertiary/aromatic N) is 2. The van der Waals surface area contributed by atoms with Gasteiger partial charge in [0.25, 0.3) is 0 Å². The molecular formula is C17H14N2O. The van der Waals surface area contributed by atoms with Crippen LogP contribution < -0.4 is 0 Å². The van der Waals surface area contributed by atoms with Gasteiger partial charge < -0.3 is 0 Å². The van der Waals surface area contributed by atoms with Crippen molar-refractivity contribution >= 4 is 16.7 Å². The summed E-state index contributed by atoms with van der Waals surface area (Å²) in [6.07, 6.45) is 3.81. The van der Waals surface area contributed by atoms with Gasteiger partial charge in [-0.2, -0.15) is 0 Å². The molecule has 0 bridgehead atoms. The summed E-state index contributed by atoms with van der Waals surface area (Å²) in [6.45, 7) is 1.96. The molecule has 1 aromatic carbocycles. The van der Waals surface area contributed by atoms with Crippen molar-refractivity contribution in [1.82, 2.24) is 9.97 Å². The van der Waals surface area contributed by atoms with Gasteiger partial charge in [0.2, 0.25) is 0 Å². The van der Waals surface area contributed by atoms with E-state index in [2.05, 4.69) is 9.97 Å². The first kappa shape index (κ1) is 12.5. The van der Waals surface area contributed by atoms with Crippen molar-refractivity contribution < 1.29 is 4.79 Å². The highest BCUT2D eigenvalue weighted by Crippen LogP contribution is 2.16. The van der Waals surface area contributed by atoms with Gasteiger partial charge in [-0.15, -0.1) is 0 Å². The van der Waals surface area contributed by atoms with E-state index in [9.17, 15) is 4.79 Å². The van der Waals surface area contributed by atoms with Crippen LogP contribution in [0.5, 0.6) is 0 Å². The number of rotatable bonds is 3. The Morgan fingerprint density at radius 1 is 1.15 bits per heavy atom. The van der Waals surface area contributed by atoms with Crippen LogP contribution >= 0.6 is 0 Å². The van der Waals surface area contributed by atoms with Crippen LogP contribution in [0.1, 0.15) is 21.6 Å². The molecule has 0 unspecified atom stereocenters. The SMILES string of the molecule is Cc1ccc2cc(C(=O)Cc3cccnc3)ccc2n1. The van der Waals surface area contributed by atoms with E-state index in [0.717, 1.165) is 22.2 Å². The van der Waals surface area contributed by atoms with E-state index in [1.165, 1.54) is 0 Å². The Balaban J connectivity index is 1.90. The van der Waals surface area contributed by atoms with Gasteiger partial charge in [-0.3, -0.25) is 14.8 Å². The van der Waals surface area contributed by atoms with Crippen molar-refractivity contribution in [2.75, 3.05) is 0 Å². The number of hydrogen-bond acceptors (Lipinski definition) is 3. The zero-order chi connectivity index (χ0) is 13.9. The molecule has 98 valence electrons. The summed E-state index contributed by atoms with van der Waals surface area (Å²) in [5, 5.41) is 0.993. The number of fused-ring (bicyclic) bond motifs is 1. The van der Waals surface area contributed by atoms with E-state index < -0.39 is 0 Å². The molecule has 3 aromatic rings. The van der Waals surface area contributed by atoms with Gasteiger partial charge in [0, 0.05) is 35.5 Å². The van der Waals surface area contributed by atoms with Crippen LogP contribution in [0.15, 0.2) is 54.9 Å². The molecule has 0 aliphatic carbocycles. The number of aromatic nitrogens is 2. The first-order valence-corrected chi connectivity index (χ1v) is 6.52. The van der Waals surface area contributed by atoms with Crippen molar-refractivity contribution in [3.8, 4) is 0 Å². The third-order valence-electron chi connectivity index (χ3n) is 3.24. The van der Waals surface area contributed by atoms with Crippen molar-refractivity contribution in [2.45, 2.75) is 13.3 Å². The van der Waals surface area contributed by atoms with Gasteiger partial charge in [-0.1, -0.05) is 12.1 Å². The molecule has 3 nitrogen and oxygen atoms in total. The van der Waals surface area contributed by atoms with E-state index in [1.54, 1.807) is 12.4 Å². The largest absolute Gasteiger partial charge is 0.294 e. The standard InChI is InChI=1S/C17H14N2O/c1-12-4-5-14-10-15(6-7-16(14)19-12)17(20)9-13-3-2-8-18-11-13/h2-8,10-11H,9H2,1H3. The van der Waals surface area contributed by atoms with Gasteiger partial charge in [-0.25, -0.2) is 0 Å². The van der Waals surface area contributed by atoms with Gasteiger partial charge in [0.1, 0.15) is 0 Å². The van der Waals surface area contributed by atoms with Crippen LogP contribution in [0, 0.1) is 6.92 Å². The van der Waals surface area contributed by atoms with Gasteiger partial charge in [0.05, 0.1) is 5.52 Å². The predicted molar refractivity (Wildman–Crippen MR) is 78.8 cm³/mol. The van der Waals surface area contributed by atoms with Crippen molar-refractivity contribution in [3.63, 3.8) is 0 Å². The van der Waals surface area contributed by atoms with Crippen LogP contribution in [0.4, 0.5) is 0 Å². The summed E-state index contributed by atoms with van der Waals surface area (Å²) in [6, 6.07) is 13.4. The highest BCUT2D eigenvalue weighted by atomic mass is 16.1. The quantitative estimate of drug-likeness (QED) is 0.680. The number of benzene rings is 1. The Labute approximate surface area is 117 Å². The third kappa shape index (κ3) is 2.57. The molecule has 3 rings (SSSR count). The van der Waals surface area contributed by atoms with Gasteiger partial charge in [-0.05, 0) is 42.8 Å². The smallest absolute Gasteiger partial charge is 0.167 e. The number of ketones is 1. The lowest BCUT2D eigenvalue weighted by molar-refractivity contribution is 0.0993. The number of pyridine rings is 2. The summed E-state index contributed by atoms with van der Waals surface area (Å²) >= 11 is 0. The highest BCUT2D eigenvalue weighted by molar-refractivity contribution is 6.00. The Hall–Kier alpha value is -2.55. The second-order valence-electron chi connectivity index (χ2n) is 4.82. The van der Waals surface area contributed by atoms with E-state index in [1.807, 2.05) is 49.4 Å². The lowest BCUT2D eigenvalue weighted by Gasteiger charge is -2.04. The normalized spacial score (nSPS) is 10.7. The molecule has 0 aliphatic heterocycles. The number of carbonyl (C=O) groups excluding carboxylic acids is 1. The summed E-state index contributed by atoms with van der Waals surface area (Å²) in [5.41, 5.74) is 3.54. The first-order chi connectivity index (χ1) is 9.72. The van der Waals surface area contributed by atoms with Crippen LogP contribution in [0.25, 0.3) is 10.9 Å². The number of Topliss-reactive ketones (excluding diaryl/α,β-unsaturated/α-hetero) is 1. The number of aryl methyl sites for hydroxylation is 1. The second kappa shape index (κ2) is 5.21. The number of carbonyl (C=O) groups is 1. The predicted octanol–water partition coefficient (Wildman–Crippen LogP) is 3.36. The summed E-state index contributed by atoms with van der Waals surface area (Å²) < 4.78 is 0. The van der Waals surface area contributed by atoms with Gasteiger partial charge >= 0.3 is 0 Å². The molecular weight excluding hydrogens is 248 g/mol. The van der Waals surface area contributed by atoms with Gasteiger partial charge in [0.15, 0.2) is 5.78 Å². The summed E-state index contributed by atoms with van der Waals surface area (Å²) in [5.74, 6) is 0.0977. The van der Waals surface area contributed by atoms with E-state index in [-0.39, 0.29) is 5.78 Å². The topological polar surface area (TPSA) is 42.9 Å². The molecule has 0 radical (unpaired) electrons. The minimum atomic E-state index is 0.0977. The fourth-order valence-electron chi connectivity index (χ4n) is 2.19. The van der Waals surface area contributed by atoms with Crippen molar-refractivity contribution in [2.24, 2.45) is 0 Å². The zero-order valence-electron chi connectivity index (χ0n) is 11.2. The van der Waals surface area contributed by atoms with E-state index in [4.69, 9.17) is 0 Å². The Kier molecular flexibility index (Phi) is 3.25. The first-order valence-electron chi connectivity index (χ1n) is 6.52. The van der Waals surface area contributed by atoms with Crippen LogP contribution in [0.3, 0.4) is 0 Å². The fraction of sp³-hybridized carbons (Fsp3) is 0.118. The Bertz CT molecular complexity index is 766. The maximum Gasteiger partial charge on any atom is 0.167 e. The molecule has 0 saturated carbocycles. The van der Waals surface area contributed by atoms with Crippen LogP contribution in [-0.2, 0) is 6.42 Å². The number of hydrogen-bond donors (Lipinski definition) is 0.